The zero-order valence-electron chi connectivity index (χ0n) is 11.5. The molecule has 0 bridgehead atoms. The predicted molar refractivity (Wildman–Crippen MR) is 82.6 cm³/mol. The van der Waals surface area contributed by atoms with Crippen molar-refractivity contribution in [3.8, 4) is 0 Å². The van der Waals surface area contributed by atoms with Gasteiger partial charge in [-0.3, -0.25) is 10.1 Å². The zero-order valence-corrected chi connectivity index (χ0v) is 12.3. The quantitative estimate of drug-likeness (QED) is 0.345. The standard InChI is InChI=1S/C12H20N4O3S/c1-2-13-11-5-4-10(16(18)19)12(15-11)14-6-9-20-8-3-7-17/h4-5,17H,2-3,6-9H2,1H3,(H2,13,14,15). The smallest absolute Gasteiger partial charge is 0.311 e. The minimum Gasteiger partial charge on any atom is -0.396 e. The molecular formula is C12H20N4O3S. The van der Waals surface area contributed by atoms with Crippen molar-refractivity contribution in [2.45, 2.75) is 13.3 Å². The summed E-state index contributed by atoms with van der Waals surface area (Å²) in [5, 5.41) is 25.6. The molecule has 0 aliphatic carbocycles. The highest BCUT2D eigenvalue weighted by atomic mass is 32.2. The lowest BCUT2D eigenvalue weighted by molar-refractivity contribution is -0.384. The molecule has 0 saturated carbocycles. The summed E-state index contributed by atoms with van der Waals surface area (Å²) >= 11 is 1.69. The summed E-state index contributed by atoms with van der Waals surface area (Å²) < 4.78 is 0. The number of nitrogens with one attached hydrogen (secondary N) is 2. The van der Waals surface area contributed by atoms with Gasteiger partial charge in [-0.05, 0) is 25.2 Å². The summed E-state index contributed by atoms with van der Waals surface area (Å²) in [5.74, 6) is 2.60. The number of aromatic nitrogens is 1. The molecule has 0 saturated heterocycles. The molecule has 0 unspecified atom stereocenters. The average Bonchev–Trinajstić information content (AvgIpc) is 2.43. The Bertz CT molecular complexity index is 431. The number of hydrogen-bond acceptors (Lipinski definition) is 7. The average molecular weight is 300 g/mol. The first kappa shape index (κ1) is 16.5. The third kappa shape index (κ3) is 5.62. The fourth-order valence-corrected chi connectivity index (χ4v) is 2.30. The maximum Gasteiger partial charge on any atom is 0.311 e. The van der Waals surface area contributed by atoms with Crippen LogP contribution in [0.15, 0.2) is 12.1 Å². The first-order valence-electron chi connectivity index (χ1n) is 6.50. The summed E-state index contributed by atoms with van der Waals surface area (Å²) in [4.78, 5) is 14.7. The maximum atomic E-state index is 10.9. The SMILES string of the molecule is CCNc1ccc([N+](=O)[O-])c(NCCSCCCO)n1. The Morgan fingerprint density at radius 3 is 2.85 bits per heavy atom. The number of thioether (sulfide) groups is 1. The maximum absolute atomic E-state index is 10.9. The summed E-state index contributed by atoms with van der Waals surface area (Å²) in [6, 6.07) is 3.05. The number of nitro groups is 1. The molecule has 1 rings (SSSR count). The topological polar surface area (TPSA) is 100 Å². The van der Waals surface area contributed by atoms with E-state index in [0.717, 1.165) is 17.9 Å². The van der Waals surface area contributed by atoms with Crippen molar-refractivity contribution in [3.05, 3.63) is 22.2 Å². The number of pyridine rings is 1. The van der Waals surface area contributed by atoms with Crippen LogP contribution in [0.25, 0.3) is 0 Å². The Balaban J connectivity index is 2.56. The van der Waals surface area contributed by atoms with E-state index in [-0.39, 0.29) is 18.1 Å². The van der Waals surface area contributed by atoms with E-state index in [1.165, 1.54) is 6.07 Å². The van der Waals surface area contributed by atoms with Crippen LogP contribution >= 0.6 is 11.8 Å². The Morgan fingerprint density at radius 2 is 2.20 bits per heavy atom. The third-order valence-electron chi connectivity index (χ3n) is 2.41. The van der Waals surface area contributed by atoms with E-state index in [9.17, 15) is 10.1 Å². The van der Waals surface area contributed by atoms with Gasteiger partial charge < -0.3 is 15.7 Å². The Hall–Kier alpha value is -1.54. The van der Waals surface area contributed by atoms with E-state index in [4.69, 9.17) is 5.11 Å². The minimum absolute atomic E-state index is 0.0213. The molecule has 20 heavy (non-hydrogen) atoms. The fraction of sp³-hybridized carbons (Fsp3) is 0.583. The van der Waals surface area contributed by atoms with Crippen LogP contribution in [-0.4, -0.2) is 46.2 Å². The van der Waals surface area contributed by atoms with Crippen LogP contribution in [0.4, 0.5) is 17.3 Å². The lowest BCUT2D eigenvalue weighted by Gasteiger charge is -2.08. The summed E-state index contributed by atoms with van der Waals surface area (Å²) in [6.07, 6.45) is 0.763. The minimum atomic E-state index is -0.441. The molecule has 0 radical (unpaired) electrons. The number of rotatable bonds is 10. The molecule has 1 aromatic rings. The molecule has 3 N–H and O–H groups in total. The molecule has 1 heterocycles. The largest absolute Gasteiger partial charge is 0.396 e. The van der Waals surface area contributed by atoms with Crippen LogP contribution < -0.4 is 10.6 Å². The van der Waals surface area contributed by atoms with Crippen molar-refractivity contribution in [1.29, 1.82) is 0 Å². The molecule has 0 spiro atoms. The lowest BCUT2D eigenvalue weighted by atomic mass is 10.3. The molecule has 0 amide bonds. The number of aliphatic hydroxyl groups excluding tert-OH is 1. The number of anilines is 2. The van der Waals surface area contributed by atoms with Gasteiger partial charge in [0.05, 0.1) is 4.92 Å². The highest BCUT2D eigenvalue weighted by Gasteiger charge is 2.15. The van der Waals surface area contributed by atoms with E-state index < -0.39 is 4.92 Å². The molecule has 0 atom stereocenters. The Labute approximate surface area is 122 Å². The number of hydrogen-bond donors (Lipinski definition) is 3. The van der Waals surface area contributed by atoms with Crippen LogP contribution in [0.1, 0.15) is 13.3 Å². The summed E-state index contributed by atoms with van der Waals surface area (Å²) in [5.41, 5.74) is -0.0213. The van der Waals surface area contributed by atoms with Crippen molar-refractivity contribution < 1.29 is 10.0 Å². The molecule has 1 aromatic heterocycles. The second-order valence-corrected chi connectivity index (χ2v) is 5.19. The van der Waals surface area contributed by atoms with E-state index in [2.05, 4.69) is 15.6 Å². The van der Waals surface area contributed by atoms with Gasteiger partial charge in [0, 0.05) is 31.5 Å². The molecule has 112 valence electrons. The fourth-order valence-electron chi connectivity index (χ4n) is 1.52. The normalized spacial score (nSPS) is 10.3. The van der Waals surface area contributed by atoms with Crippen LogP contribution in [0.3, 0.4) is 0 Å². The lowest BCUT2D eigenvalue weighted by Crippen LogP contribution is -2.10. The molecule has 0 fully saturated rings. The van der Waals surface area contributed by atoms with Gasteiger partial charge in [-0.1, -0.05) is 0 Å². The predicted octanol–water partition coefficient (Wildman–Crippen LogP) is 1.95. The van der Waals surface area contributed by atoms with Crippen molar-refractivity contribution in [1.82, 2.24) is 4.98 Å². The molecule has 8 heteroatoms. The molecule has 0 aliphatic rings. The van der Waals surface area contributed by atoms with E-state index >= 15 is 0 Å². The van der Waals surface area contributed by atoms with Gasteiger partial charge in [-0.2, -0.15) is 11.8 Å². The summed E-state index contributed by atoms with van der Waals surface area (Å²) in [7, 11) is 0. The van der Waals surface area contributed by atoms with E-state index in [1.807, 2.05) is 6.92 Å². The molecule has 0 aliphatic heterocycles. The number of aliphatic hydroxyl groups is 1. The molecule has 0 aromatic carbocycles. The van der Waals surface area contributed by atoms with Crippen LogP contribution in [-0.2, 0) is 0 Å². The molecular weight excluding hydrogens is 280 g/mol. The van der Waals surface area contributed by atoms with Gasteiger partial charge in [-0.25, -0.2) is 4.98 Å². The van der Waals surface area contributed by atoms with E-state index in [1.54, 1.807) is 17.8 Å². The van der Waals surface area contributed by atoms with Gasteiger partial charge in [0.1, 0.15) is 5.82 Å². The third-order valence-corrected chi connectivity index (χ3v) is 3.48. The van der Waals surface area contributed by atoms with Gasteiger partial charge in [0.2, 0.25) is 5.82 Å². The van der Waals surface area contributed by atoms with E-state index in [0.29, 0.717) is 18.9 Å². The van der Waals surface area contributed by atoms with Crippen LogP contribution in [0, 0.1) is 10.1 Å². The van der Waals surface area contributed by atoms with Crippen LogP contribution in [0.5, 0.6) is 0 Å². The second kappa shape index (κ2) is 9.38. The Morgan fingerprint density at radius 1 is 1.40 bits per heavy atom. The van der Waals surface area contributed by atoms with Crippen molar-refractivity contribution in [2.24, 2.45) is 0 Å². The number of nitrogens with zero attached hydrogens (tertiary/aromatic N) is 2. The van der Waals surface area contributed by atoms with Gasteiger partial charge in [0.15, 0.2) is 0 Å². The molecule has 7 nitrogen and oxygen atoms in total. The monoisotopic (exact) mass is 300 g/mol. The van der Waals surface area contributed by atoms with Crippen molar-refractivity contribution >= 4 is 29.1 Å². The summed E-state index contributed by atoms with van der Waals surface area (Å²) in [6.45, 7) is 3.44. The highest BCUT2D eigenvalue weighted by molar-refractivity contribution is 7.99. The van der Waals surface area contributed by atoms with Gasteiger partial charge >= 0.3 is 5.69 Å². The van der Waals surface area contributed by atoms with Crippen LogP contribution in [0.2, 0.25) is 0 Å². The first-order valence-corrected chi connectivity index (χ1v) is 7.66. The first-order chi connectivity index (χ1) is 9.69. The zero-order chi connectivity index (χ0) is 14.8. The van der Waals surface area contributed by atoms with Gasteiger partial charge in [0.25, 0.3) is 0 Å². The van der Waals surface area contributed by atoms with Crippen molar-refractivity contribution in [2.75, 3.05) is 41.8 Å². The van der Waals surface area contributed by atoms with Gasteiger partial charge in [-0.15, -0.1) is 0 Å². The Kier molecular flexibility index (Phi) is 7.74. The van der Waals surface area contributed by atoms with Crippen molar-refractivity contribution in [3.63, 3.8) is 0 Å². The highest BCUT2D eigenvalue weighted by Crippen LogP contribution is 2.23. The second-order valence-electron chi connectivity index (χ2n) is 3.97.